The first-order valence-electron chi connectivity index (χ1n) is 4.75. The molecular formula is C11H15FN2Si. The molecule has 1 heterocycles. The lowest BCUT2D eigenvalue weighted by atomic mass is 10.1. The third-order valence-corrected chi connectivity index (χ3v) is 2.74. The molecule has 0 bridgehead atoms. The van der Waals surface area contributed by atoms with Crippen LogP contribution in [0.4, 0.5) is 10.2 Å². The maximum atomic E-state index is 13.2. The molecular weight excluding hydrogens is 207 g/mol. The molecule has 4 heteroatoms. The number of anilines is 1. The SMILES string of the molecule is Cc1c(F)cnc(N)c1C#C[Si](C)(C)C. The molecule has 2 N–H and O–H groups in total. The van der Waals surface area contributed by atoms with Crippen LogP contribution in [0.2, 0.25) is 19.6 Å². The quantitative estimate of drug-likeness (QED) is 0.540. The Morgan fingerprint density at radius 1 is 1.40 bits per heavy atom. The van der Waals surface area contributed by atoms with Crippen molar-refractivity contribution in [3.05, 3.63) is 23.1 Å². The first-order valence-corrected chi connectivity index (χ1v) is 8.25. The summed E-state index contributed by atoms with van der Waals surface area (Å²) in [5.41, 5.74) is 9.81. The lowest BCUT2D eigenvalue weighted by Crippen LogP contribution is -2.16. The van der Waals surface area contributed by atoms with Gasteiger partial charge in [0.05, 0.1) is 11.8 Å². The molecule has 0 aliphatic carbocycles. The van der Waals surface area contributed by atoms with Crippen molar-refractivity contribution >= 4 is 13.9 Å². The molecule has 0 aromatic carbocycles. The number of nitrogen functional groups attached to an aromatic ring is 1. The Balaban J connectivity index is 3.25. The van der Waals surface area contributed by atoms with E-state index >= 15 is 0 Å². The summed E-state index contributed by atoms with van der Waals surface area (Å²) in [5.74, 6) is 2.89. The lowest BCUT2D eigenvalue weighted by molar-refractivity contribution is 0.612. The summed E-state index contributed by atoms with van der Waals surface area (Å²) in [7, 11) is -1.47. The van der Waals surface area contributed by atoms with Gasteiger partial charge in [0.15, 0.2) is 0 Å². The van der Waals surface area contributed by atoms with E-state index in [9.17, 15) is 4.39 Å². The minimum absolute atomic E-state index is 0.305. The molecule has 2 nitrogen and oxygen atoms in total. The molecule has 0 radical (unpaired) electrons. The maximum Gasteiger partial charge on any atom is 0.145 e. The average molecular weight is 222 g/mol. The highest BCUT2D eigenvalue weighted by Crippen LogP contribution is 2.15. The smallest absolute Gasteiger partial charge is 0.145 e. The number of rotatable bonds is 0. The average Bonchev–Trinajstić information content (AvgIpc) is 2.10. The van der Waals surface area contributed by atoms with E-state index in [-0.39, 0.29) is 5.82 Å². The number of halogens is 1. The Morgan fingerprint density at radius 3 is 2.53 bits per heavy atom. The summed E-state index contributed by atoms with van der Waals surface area (Å²) in [6, 6.07) is 0. The van der Waals surface area contributed by atoms with Crippen molar-refractivity contribution < 1.29 is 4.39 Å². The Bertz CT molecular complexity index is 438. The summed E-state index contributed by atoms with van der Waals surface area (Å²) in [5, 5.41) is 0. The van der Waals surface area contributed by atoms with Crippen LogP contribution >= 0.6 is 0 Å². The number of pyridine rings is 1. The summed E-state index contributed by atoms with van der Waals surface area (Å²) >= 11 is 0. The molecule has 0 atom stereocenters. The number of aromatic nitrogens is 1. The standard InChI is InChI=1S/C11H15FN2Si/c1-8-9(5-6-15(2,3)4)11(13)14-7-10(8)12/h7H,1-4H3,(H2,13,14). The van der Waals surface area contributed by atoms with Crippen molar-refractivity contribution in [3.63, 3.8) is 0 Å². The molecule has 0 amide bonds. The van der Waals surface area contributed by atoms with Crippen LogP contribution < -0.4 is 5.73 Å². The van der Waals surface area contributed by atoms with Crippen molar-refractivity contribution in [2.45, 2.75) is 26.6 Å². The minimum Gasteiger partial charge on any atom is -0.383 e. The van der Waals surface area contributed by atoms with Crippen LogP contribution in [0.5, 0.6) is 0 Å². The van der Waals surface area contributed by atoms with Crippen LogP contribution in [0.1, 0.15) is 11.1 Å². The van der Waals surface area contributed by atoms with Crippen molar-refractivity contribution in [1.82, 2.24) is 4.98 Å². The van der Waals surface area contributed by atoms with Gasteiger partial charge in [-0.2, -0.15) is 0 Å². The third kappa shape index (κ3) is 3.06. The molecule has 80 valence electrons. The largest absolute Gasteiger partial charge is 0.383 e. The Kier molecular flexibility index (Phi) is 3.15. The zero-order valence-corrected chi connectivity index (χ0v) is 10.5. The summed E-state index contributed by atoms with van der Waals surface area (Å²) < 4.78 is 13.2. The van der Waals surface area contributed by atoms with Crippen LogP contribution in [0.25, 0.3) is 0 Å². The van der Waals surface area contributed by atoms with Gasteiger partial charge in [0.1, 0.15) is 19.7 Å². The minimum atomic E-state index is -1.47. The van der Waals surface area contributed by atoms with Crippen molar-refractivity contribution in [2.24, 2.45) is 0 Å². The van der Waals surface area contributed by atoms with E-state index in [1.807, 2.05) is 0 Å². The van der Waals surface area contributed by atoms with Gasteiger partial charge in [-0.15, -0.1) is 5.54 Å². The summed E-state index contributed by atoms with van der Waals surface area (Å²) in [4.78, 5) is 3.76. The molecule has 0 saturated heterocycles. The van der Waals surface area contributed by atoms with Gasteiger partial charge in [-0.3, -0.25) is 0 Å². The number of nitrogens with two attached hydrogens (primary N) is 1. The summed E-state index contributed by atoms with van der Waals surface area (Å²) in [6.45, 7) is 8.04. The monoisotopic (exact) mass is 222 g/mol. The van der Waals surface area contributed by atoms with E-state index in [1.54, 1.807) is 6.92 Å². The van der Waals surface area contributed by atoms with Crippen LogP contribution in [-0.4, -0.2) is 13.1 Å². The molecule has 1 rings (SSSR count). The Hall–Kier alpha value is -1.34. The van der Waals surface area contributed by atoms with Crippen LogP contribution in [0.15, 0.2) is 6.20 Å². The Labute approximate surface area is 90.7 Å². The van der Waals surface area contributed by atoms with Crippen LogP contribution in [0, 0.1) is 24.2 Å². The first-order chi connectivity index (χ1) is 6.81. The molecule has 0 aliphatic rings. The highest BCUT2D eigenvalue weighted by molar-refractivity contribution is 6.83. The molecule has 15 heavy (non-hydrogen) atoms. The van der Waals surface area contributed by atoms with Gasteiger partial charge in [0, 0.05) is 5.56 Å². The van der Waals surface area contributed by atoms with Gasteiger partial charge >= 0.3 is 0 Å². The topological polar surface area (TPSA) is 38.9 Å². The van der Waals surface area contributed by atoms with Crippen molar-refractivity contribution in [3.8, 4) is 11.5 Å². The second-order valence-electron chi connectivity index (χ2n) is 4.49. The molecule has 1 aromatic rings. The van der Waals surface area contributed by atoms with Crippen molar-refractivity contribution in [2.75, 3.05) is 5.73 Å². The van der Waals surface area contributed by atoms with Gasteiger partial charge < -0.3 is 5.73 Å². The van der Waals surface area contributed by atoms with Gasteiger partial charge in [-0.25, -0.2) is 9.37 Å². The fraction of sp³-hybridized carbons (Fsp3) is 0.364. The predicted octanol–water partition coefficient (Wildman–Crippen LogP) is 2.34. The van der Waals surface area contributed by atoms with Crippen molar-refractivity contribution in [1.29, 1.82) is 0 Å². The maximum absolute atomic E-state index is 13.2. The number of hydrogen-bond acceptors (Lipinski definition) is 2. The molecule has 0 unspecified atom stereocenters. The molecule has 1 aromatic heterocycles. The van der Waals surface area contributed by atoms with E-state index in [4.69, 9.17) is 5.73 Å². The Morgan fingerprint density at radius 2 is 2.00 bits per heavy atom. The molecule has 0 spiro atoms. The van der Waals surface area contributed by atoms with Gasteiger partial charge in [0.2, 0.25) is 0 Å². The van der Waals surface area contributed by atoms with E-state index in [0.717, 1.165) is 6.20 Å². The fourth-order valence-corrected chi connectivity index (χ4v) is 1.51. The number of hydrogen-bond donors (Lipinski definition) is 1. The van der Waals surface area contributed by atoms with Gasteiger partial charge in [-0.1, -0.05) is 25.6 Å². The summed E-state index contributed by atoms with van der Waals surface area (Å²) in [6.07, 6.45) is 1.13. The van der Waals surface area contributed by atoms with E-state index in [0.29, 0.717) is 16.9 Å². The van der Waals surface area contributed by atoms with Gasteiger partial charge in [-0.05, 0) is 6.92 Å². The zero-order chi connectivity index (χ0) is 11.6. The van der Waals surface area contributed by atoms with E-state index in [1.165, 1.54) is 0 Å². The normalized spacial score (nSPS) is 10.7. The highest BCUT2D eigenvalue weighted by Gasteiger charge is 2.10. The lowest BCUT2D eigenvalue weighted by Gasteiger charge is -2.06. The molecule has 0 aliphatic heterocycles. The number of nitrogens with zero attached hydrogens (tertiary/aromatic N) is 1. The fourth-order valence-electron chi connectivity index (χ4n) is 1.01. The first kappa shape index (κ1) is 11.7. The van der Waals surface area contributed by atoms with Crippen LogP contribution in [0.3, 0.4) is 0 Å². The zero-order valence-electron chi connectivity index (χ0n) is 9.48. The predicted molar refractivity (Wildman–Crippen MR) is 63.6 cm³/mol. The highest BCUT2D eigenvalue weighted by atomic mass is 28.3. The second-order valence-corrected chi connectivity index (χ2v) is 9.24. The van der Waals surface area contributed by atoms with E-state index < -0.39 is 8.07 Å². The van der Waals surface area contributed by atoms with Crippen LogP contribution in [-0.2, 0) is 0 Å². The van der Waals surface area contributed by atoms with Gasteiger partial charge in [0.25, 0.3) is 0 Å². The molecule has 0 fully saturated rings. The molecule has 0 saturated carbocycles. The van der Waals surface area contributed by atoms with E-state index in [2.05, 4.69) is 36.1 Å². The second kappa shape index (κ2) is 4.03. The third-order valence-electron chi connectivity index (χ3n) is 1.87.